The summed E-state index contributed by atoms with van der Waals surface area (Å²) in [6.07, 6.45) is 2.39. The van der Waals surface area contributed by atoms with Crippen molar-refractivity contribution >= 4 is 38.6 Å². The van der Waals surface area contributed by atoms with Crippen molar-refractivity contribution in [2.45, 2.75) is 39.0 Å². The lowest BCUT2D eigenvalue weighted by atomic mass is 9.90. The van der Waals surface area contributed by atoms with Gasteiger partial charge in [0.15, 0.2) is 0 Å². The maximum atomic E-state index is 13.3. The molecule has 0 saturated carbocycles. The first-order valence-electron chi connectivity index (χ1n) is 9.28. The Kier molecular flexibility index (Phi) is 5.89. The van der Waals surface area contributed by atoms with E-state index in [9.17, 15) is 14.7 Å². The zero-order valence-electron chi connectivity index (χ0n) is 15.9. The van der Waals surface area contributed by atoms with Crippen LogP contribution >= 0.6 is 15.9 Å². The van der Waals surface area contributed by atoms with Gasteiger partial charge in [-0.3, -0.25) is 14.2 Å². The number of rotatable bonds is 6. The van der Waals surface area contributed by atoms with E-state index in [4.69, 9.17) is 5.73 Å². The Balaban J connectivity index is 2.24. The van der Waals surface area contributed by atoms with E-state index in [1.807, 2.05) is 19.1 Å². The zero-order chi connectivity index (χ0) is 20.4. The first-order valence-corrected chi connectivity index (χ1v) is 10.1. The lowest BCUT2D eigenvalue weighted by molar-refractivity contribution is -0.119. The molecule has 1 amide bonds. The van der Waals surface area contributed by atoms with E-state index < -0.39 is 11.8 Å². The molecule has 28 heavy (non-hydrogen) atoms. The van der Waals surface area contributed by atoms with Gasteiger partial charge >= 0.3 is 0 Å². The van der Waals surface area contributed by atoms with E-state index in [1.54, 1.807) is 34.9 Å². The van der Waals surface area contributed by atoms with Crippen molar-refractivity contribution in [1.29, 1.82) is 0 Å². The van der Waals surface area contributed by atoms with Gasteiger partial charge in [0, 0.05) is 21.1 Å². The Morgan fingerprint density at radius 3 is 2.46 bits per heavy atom. The maximum absolute atomic E-state index is 13.3. The predicted molar refractivity (Wildman–Crippen MR) is 114 cm³/mol. The third-order valence-corrected chi connectivity index (χ3v) is 5.60. The van der Waals surface area contributed by atoms with E-state index in [1.165, 1.54) is 0 Å². The fourth-order valence-corrected chi connectivity index (χ4v) is 3.96. The second-order valence-electron chi connectivity index (χ2n) is 6.95. The monoisotopic (exact) mass is 442 g/mol. The van der Waals surface area contributed by atoms with Crippen LogP contribution in [0.15, 0.2) is 46.9 Å². The van der Waals surface area contributed by atoms with Crippen molar-refractivity contribution in [3.63, 3.8) is 0 Å². The molecule has 0 aliphatic carbocycles. The van der Waals surface area contributed by atoms with Gasteiger partial charge in [0.25, 0.3) is 5.91 Å². The van der Waals surface area contributed by atoms with Gasteiger partial charge in [-0.2, -0.15) is 0 Å². The molecule has 1 heterocycles. The summed E-state index contributed by atoms with van der Waals surface area (Å²) in [5.74, 6) is -1.04. The van der Waals surface area contributed by atoms with Crippen LogP contribution in [0.3, 0.4) is 0 Å². The number of hydrogen-bond acceptors (Lipinski definition) is 3. The van der Waals surface area contributed by atoms with Gasteiger partial charge in [-0.25, -0.2) is 0 Å². The van der Waals surface area contributed by atoms with E-state index in [0.717, 1.165) is 22.9 Å². The highest BCUT2D eigenvalue weighted by molar-refractivity contribution is 9.10. The van der Waals surface area contributed by atoms with Crippen LogP contribution < -0.4 is 5.73 Å². The van der Waals surface area contributed by atoms with Crippen LogP contribution in [0.1, 0.15) is 53.7 Å². The van der Waals surface area contributed by atoms with Crippen molar-refractivity contribution in [2.75, 3.05) is 0 Å². The van der Waals surface area contributed by atoms with Gasteiger partial charge in [-0.1, -0.05) is 35.7 Å². The molecule has 0 saturated heterocycles. The Labute approximate surface area is 172 Å². The molecule has 0 aliphatic heterocycles. The molecular formula is C22H23BrN2O3. The second-order valence-corrected chi connectivity index (χ2v) is 7.86. The van der Waals surface area contributed by atoms with Crippen molar-refractivity contribution in [3.05, 3.63) is 63.8 Å². The number of aromatic hydroxyl groups is 1. The van der Waals surface area contributed by atoms with Crippen LogP contribution in [-0.4, -0.2) is 21.5 Å². The standard InChI is InChI=1S/C22H23BrN2O3/c1-3-4-5-17(21(24)27)20-13(2)25(19-11-10-16(26)12-18(19)20)22(28)14-6-8-15(23)9-7-14/h6-12,17,26H,3-5H2,1-2H3,(H2,24,27). The number of phenolic OH excluding ortho intramolecular Hbond substituents is 1. The molecule has 0 radical (unpaired) electrons. The average Bonchev–Trinajstić information content (AvgIpc) is 2.93. The Morgan fingerprint density at radius 2 is 1.86 bits per heavy atom. The van der Waals surface area contributed by atoms with Crippen LogP contribution in [-0.2, 0) is 4.79 Å². The van der Waals surface area contributed by atoms with Crippen LogP contribution in [0.2, 0.25) is 0 Å². The topological polar surface area (TPSA) is 85.3 Å². The van der Waals surface area contributed by atoms with Crippen molar-refractivity contribution in [2.24, 2.45) is 5.73 Å². The number of phenols is 1. The molecule has 0 aliphatic rings. The molecule has 0 fully saturated rings. The fraction of sp³-hybridized carbons (Fsp3) is 0.273. The average molecular weight is 443 g/mol. The highest BCUT2D eigenvalue weighted by Gasteiger charge is 2.28. The molecule has 1 atom stereocenters. The third kappa shape index (κ3) is 3.69. The van der Waals surface area contributed by atoms with Gasteiger partial charge in [0.2, 0.25) is 5.91 Å². The van der Waals surface area contributed by atoms with Crippen LogP contribution in [0.5, 0.6) is 5.75 Å². The molecule has 3 rings (SSSR count). The highest BCUT2D eigenvalue weighted by atomic mass is 79.9. The van der Waals surface area contributed by atoms with Crippen LogP contribution in [0.25, 0.3) is 10.9 Å². The number of unbranched alkanes of at least 4 members (excludes halogenated alkanes) is 1. The van der Waals surface area contributed by atoms with E-state index >= 15 is 0 Å². The first-order chi connectivity index (χ1) is 13.3. The summed E-state index contributed by atoms with van der Waals surface area (Å²) in [6.45, 7) is 3.88. The Bertz CT molecular complexity index is 1040. The van der Waals surface area contributed by atoms with Gasteiger partial charge in [0.1, 0.15) is 5.75 Å². The summed E-state index contributed by atoms with van der Waals surface area (Å²) in [4.78, 5) is 25.5. The minimum absolute atomic E-state index is 0.0840. The lowest BCUT2D eigenvalue weighted by Crippen LogP contribution is -2.22. The number of carbonyl (C=O) groups excluding carboxylic acids is 2. The number of carbonyl (C=O) groups is 2. The number of nitrogens with zero attached hydrogens (tertiary/aromatic N) is 1. The minimum Gasteiger partial charge on any atom is -0.508 e. The molecule has 0 spiro atoms. The summed E-state index contributed by atoms with van der Waals surface area (Å²) in [5.41, 5.74) is 8.30. The highest BCUT2D eigenvalue weighted by Crippen LogP contribution is 2.36. The molecule has 5 nitrogen and oxygen atoms in total. The van der Waals surface area contributed by atoms with Gasteiger partial charge in [-0.05, 0) is 61.4 Å². The lowest BCUT2D eigenvalue weighted by Gasteiger charge is -2.14. The number of amides is 1. The molecular weight excluding hydrogens is 420 g/mol. The predicted octanol–water partition coefficient (Wildman–Crippen LogP) is 4.87. The summed E-state index contributed by atoms with van der Waals surface area (Å²) in [7, 11) is 0. The molecule has 2 aromatic carbocycles. The van der Waals surface area contributed by atoms with Gasteiger partial charge in [-0.15, -0.1) is 0 Å². The van der Waals surface area contributed by atoms with E-state index in [-0.39, 0.29) is 11.7 Å². The number of primary amides is 1. The first kappa shape index (κ1) is 20.1. The summed E-state index contributed by atoms with van der Waals surface area (Å²) in [6, 6.07) is 12.0. The minimum atomic E-state index is -0.511. The molecule has 1 aromatic heterocycles. The van der Waals surface area contributed by atoms with Gasteiger partial charge in [0.05, 0.1) is 11.4 Å². The van der Waals surface area contributed by atoms with E-state index in [0.29, 0.717) is 28.6 Å². The number of nitrogens with two attached hydrogens (primary N) is 1. The SMILES string of the molecule is CCCCC(C(N)=O)c1c(C)n(C(=O)c2ccc(Br)cc2)c2ccc(O)cc12. The molecule has 1 unspecified atom stereocenters. The van der Waals surface area contributed by atoms with E-state index in [2.05, 4.69) is 22.9 Å². The number of halogens is 1. The molecule has 146 valence electrons. The summed E-state index contributed by atoms with van der Waals surface area (Å²) in [5, 5.41) is 10.7. The smallest absolute Gasteiger partial charge is 0.262 e. The van der Waals surface area contributed by atoms with Crippen molar-refractivity contribution < 1.29 is 14.7 Å². The molecule has 3 N–H and O–H groups in total. The number of benzene rings is 2. The Morgan fingerprint density at radius 1 is 1.18 bits per heavy atom. The maximum Gasteiger partial charge on any atom is 0.262 e. The van der Waals surface area contributed by atoms with Gasteiger partial charge < -0.3 is 10.8 Å². The van der Waals surface area contributed by atoms with Crippen molar-refractivity contribution in [1.82, 2.24) is 4.57 Å². The second kappa shape index (κ2) is 8.19. The number of fused-ring (bicyclic) bond motifs is 1. The largest absolute Gasteiger partial charge is 0.508 e. The fourth-order valence-electron chi connectivity index (χ4n) is 3.69. The molecule has 6 heteroatoms. The molecule has 3 aromatic rings. The normalized spacial score (nSPS) is 12.2. The van der Waals surface area contributed by atoms with Crippen LogP contribution in [0, 0.1) is 6.92 Å². The number of hydrogen-bond donors (Lipinski definition) is 2. The third-order valence-electron chi connectivity index (χ3n) is 5.07. The summed E-state index contributed by atoms with van der Waals surface area (Å²) >= 11 is 3.38. The van der Waals surface area contributed by atoms with Crippen molar-refractivity contribution in [3.8, 4) is 5.75 Å². The molecule has 0 bridgehead atoms. The van der Waals surface area contributed by atoms with Crippen LogP contribution in [0.4, 0.5) is 0 Å². The summed E-state index contributed by atoms with van der Waals surface area (Å²) < 4.78 is 2.49. The Hall–Kier alpha value is -2.60. The number of aromatic nitrogens is 1. The quantitative estimate of drug-likeness (QED) is 0.570. The zero-order valence-corrected chi connectivity index (χ0v) is 17.5.